The van der Waals surface area contributed by atoms with Crippen LogP contribution >= 0.6 is 11.3 Å². The van der Waals surface area contributed by atoms with Gasteiger partial charge in [0.15, 0.2) is 10.6 Å². The maximum absolute atomic E-state index is 13.4. The van der Waals surface area contributed by atoms with Crippen LogP contribution in [0, 0.1) is 5.82 Å². The molecule has 3 rings (SSSR count). The van der Waals surface area contributed by atoms with Crippen LogP contribution in [-0.2, 0) is 6.54 Å². The summed E-state index contributed by atoms with van der Waals surface area (Å²) in [5.41, 5.74) is 7.07. The number of nitrogens with two attached hydrogens (primary N) is 1. The number of thiazole rings is 1. The summed E-state index contributed by atoms with van der Waals surface area (Å²) in [4.78, 5) is 16.6. The van der Waals surface area contributed by atoms with Crippen molar-refractivity contribution < 1.29 is 4.39 Å². The van der Waals surface area contributed by atoms with E-state index >= 15 is 0 Å². The highest BCUT2D eigenvalue weighted by Gasteiger charge is 2.13. The van der Waals surface area contributed by atoms with Crippen LogP contribution in [0.3, 0.4) is 0 Å². The molecule has 2 N–H and O–H groups in total. The third kappa shape index (κ3) is 1.98. The lowest BCUT2D eigenvalue weighted by molar-refractivity contribution is 0.629. The van der Waals surface area contributed by atoms with Gasteiger partial charge in [-0.2, -0.15) is 0 Å². The van der Waals surface area contributed by atoms with E-state index in [2.05, 4.69) is 4.98 Å². The number of aryl methyl sites for hydroxylation is 1. The van der Waals surface area contributed by atoms with Gasteiger partial charge in [0, 0.05) is 23.5 Å². The maximum Gasteiger partial charge on any atom is 0.198 e. The fourth-order valence-electron chi connectivity index (χ4n) is 2.23. The zero-order valence-electron chi connectivity index (χ0n) is 10.8. The van der Waals surface area contributed by atoms with Gasteiger partial charge in [-0.25, -0.2) is 9.37 Å². The van der Waals surface area contributed by atoms with Crippen LogP contribution in [-0.4, -0.2) is 9.55 Å². The first-order valence-electron chi connectivity index (χ1n) is 6.14. The van der Waals surface area contributed by atoms with Crippen molar-refractivity contribution in [3.63, 3.8) is 0 Å². The lowest BCUT2D eigenvalue weighted by atomic mass is 10.1. The molecular weight excluding hydrogens is 277 g/mol. The molecule has 0 aliphatic carbocycles. The van der Waals surface area contributed by atoms with Gasteiger partial charge in [-0.05, 0) is 25.1 Å². The number of pyridine rings is 1. The Kier molecular flexibility index (Phi) is 3.02. The Morgan fingerprint density at radius 2 is 2.25 bits per heavy atom. The van der Waals surface area contributed by atoms with E-state index in [1.54, 1.807) is 17.6 Å². The predicted molar refractivity (Wildman–Crippen MR) is 79.4 cm³/mol. The van der Waals surface area contributed by atoms with E-state index in [1.165, 1.54) is 23.5 Å². The first-order valence-corrected chi connectivity index (χ1v) is 7.02. The molecule has 0 saturated heterocycles. The molecule has 6 heteroatoms. The highest BCUT2D eigenvalue weighted by atomic mass is 32.1. The lowest BCUT2D eigenvalue weighted by Crippen LogP contribution is -2.12. The lowest BCUT2D eigenvalue weighted by Gasteiger charge is -2.10. The monoisotopic (exact) mass is 289 g/mol. The average Bonchev–Trinajstić information content (AvgIpc) is 2.86. The van der Waals surface area contributed by atoms with Crippen molar-refractivity contribution in [3.05, 3.63) is 45.8 Å². The molecule has 0 bridgehead atoms. The molecule has 4 nitrogen and oxygen atoms in total. The summed E-state index contributed by atoms with van der Waals surface area (Å²) in [6, 6.07) is 4.24. The number of fused-ring (bicyclic) bond motifs is 1. The van der Waals surface area contributed by atoms with Crippen molar-refractivity contribution in [2.24, 2.45) is 0 Å². The zero-order valence-corrected chi connectivity index (χ0v) is 11.6. The van der Waals surface area contributed by atoms with Gasteiger partial charge in [-0.1, -0.05) is 0 Å². The van der Waals surface area contributed by atoms with E-state index in [0.29, 0.717) is 33.8 Å². The summed E-state index contributed by atoms with van der Waals surface area (Å²) < 4.78 is 15.3. The fraction of sp³-hybridized carbons (Fsp3) is 0.143. The Balaban J connectivity index is 2.39. The van der Waals surface area contributed by atoms with Gasteiger partial charge in [0.25, 0.3) is 0 Å². The van der Waals surface area contributed by atoms with Crippen molar-refractivity contribution in [1.82, 2.24) is 9.55 Å². The van der Waals surface area contributed by atoms with Crippen LogP contribution in [0.1, 0.15) is 6.92 Å². The third-order valence-corrected chi connectivity index (χ3v) is 3.85. The van der Waals surface area contributed by atoms with Crippen LogP contribution in [0.5, 0.6) is 0 Å². The first kappa shape index (κ1) is 12.8. The molecule has 0 spiro atoms. The van der Waals surface area contributed by atoms with Crippen LogP contribution in [0.25, 0.3) is 22.2 Å². The van der Waals surface area contributed by atoms with Gasteiger partial charge < -0.3 is 10.3 Å². The van der Waals surface area contributed by atoms with Crippen molar-refractivity contribution in [1.29, 1.82) is 0 Å². The number of nitrogen functional groups attached to an aromatic ring is 1. The summed E-state index contributed by atoms with van der Waals surface area (Å²) in [6.07, 6.45) is 1.75. The SMILES string of the molecule is CCn1cc(-c2csc(N)n2)c(=O)c2cc(F)ccc21. The minimum atomic E-state index is -0.424. The number of aromatic nitrogens is 2. The molecule has 2 heterocycles. The first-order chi connectivity index (χ1) is 9.60. The van der Waals surface area contributed by atoms with Gasteiger partial charge in [0.2, 0.25) is 0 Å². The maximum atomic E-state index is 13.4. The second-order valence-corrected chi connectivity index (χ2v) is 5.28. The Morgan fingerprint density at radius 1 is 1.45 bits per heavy atom. The standard InChI is InChI=1S/C14H12FN3OS/c1-2-18-6-10(11-7-20-14(16)17-11)13(19)9-5-8(15)3-4-12(9)18/h3-7H,2H2,1H3,(H2,16,17). The Bertz CT molecular complexity index is 853. The van der Waals surface area contributed by atoms with Gasteiger partial charge in [-0.3, -0.25) is 4.79 Å². The average molecular weight is 289 g/mol. The van der Waals surface area contributed by atoms with Crippen molar-refractivity contribution in [3.8, 4) is 11.3 Å². The quantitative estimate of drug-likeness (QED) is 0.789. The van der Waals surface area contributed by atoms with Crippen LogP contribution in [0.4, 0.5) is 9.52 Å². The molecular formula is C14H12FN3OS. The highest BCUT2D eigenvalue weighted by molar-refractivity contribution is 7.13. The summed E-state index contributed by atoms with van der Waals surface area (Å²) in [6.45, 7) is 2.64. The number of benzene rings is 1. The van der Waals surface area contributed by atoms with Crippen LogP contribution in [0.15, 0.2) is 34.6 Å². The zero-order chi connectivity index (χ0) is 14.3. The van der Waals surface area contributed by atoms with Gasteiger partial charge >= 0.3 is 0 Å². The van der Waals surface area contributed by atoms with Crippen LogP contribution < -0.4 is 11.2 Å². The minimum Gasteiger partial charge on any atom is -0.375 e. The predicted octanol–water partition coefficient (Wildman–Crippen LogP) is 2.87. The second-order valence-electron chi connectivity index (χ2n) is 4.39. The van der Waals surface area contributed by atoms with E-state index in [-0.39, 0.29) is 5.43 Å². The Hall–Kier alpha value is -2.21. The summed E-state index contributed by atoms with van der Waals surface area (Å²) in [5, 5.41) is 2.50. The molecule has 20 heavy (non-hydrogen) atoms. The molecule has 0 radical (unpaired) electrons. The molecule has 0 aliphatic heterocycles. The van der Waals surface area contributed by atoms with Gasteiger partial charge in [-0.15, -0.1) is 11.3 Å². The minimum absolute atomic E-state index is 0.227. The molecule has 102 valence electrons. The van der Waals surface area contributed by atoms with E-state index in [9.17, 15) is 9.18 Å². The molecule has 0 aliphatic rings. The molecule has 0 fully saturated rings. The van der Waals surface area contributed by atoms with E-state index in [0.717, 1.165) is 0 Å². The van der Waals surface area contributed by atoms with Gasteiger partial charge in [0.05, 0.1) is 16.8 Å². The fourth-order valence-corrected chi connectivity index (χ4v) is 2.79. The van der Waals surface area contributed by atoms with Crippen molar-refractivity contribution in [2.75, 3.05) is 5.73 Å². The largest absolute Gasteiger partial charge is 0.375 e. The smallest absolute Gasteiger partial charge is 0.198 e. The molecule has 0 amide bonds. The number of nitrogens with zero attached hydrogens (tertiary/aromatic N) is 2. The summed E-state index contributed by atoms with van der Waals surface area (Å²) in [7, 11) is 0. The molecule has 0 saturated carbocycles. The second kappa shape index (κ2) is 4.72. The van der Waals surface area contributed by atoms with E-state index < -0.39 is 5.82 Å². The Labute approximate surface area is 118 Å². The summed E-state index contributed by atoms with van der Waals surface area (Å²) in [5.74, 6) is -0.424. The third-order valence-electron chi connectivity index (χ3n) is 3.18. The molecule has 2 aromatic heterocycles. The molecule has 1 aromatic carbocycles. The number of halogens is 1. The summed E-state index contributed by atoms with van der Waals surface area (Å²) >= 11 is 1.27. The van der Waals surface area contributed by atoms with Crippen molar-refractivity contribution >= 4 is 27.4 Å². The van der Waals surface area contributed by atoms with Crippen LogP contribution in [0.2, 0.25) is 0 Å². The Morgan fingerprint density at radius 3 is 2.90 bits per heavy atom. The number of anilines is 1. The molecule has 0 unspecified atom stereocenters. The molecule has 3 aromatic rings. The number of rotatable bonds is 2. The number of hydrogen-bond donors (Lipinski definition) is 1. The number of hydrogen-bond acceptors (Lipinski definition) is 4. The normalized spacial score (nSPS) is 11.1. The van der Waals surface area contributed by atoms with Gasteiger partial charge in [0.1, 0.15) is 5.82 Å². The molecule has 0 atom stereocenters. The highest BCUT2D eigenvalue weighted by Crippen LogP contribution is 2.23. The van der Waals surface area contributed by atoms with E-state index in [4.69, 9.17) is 5.73 Å². The van der Waals surface area contributed by atoms with Crippen molar-refractivity contribution in [2.45, 2.75) is 13.5 Å². The van der Waals surface area contributed by atoms with E-state index in [1.807, 2.05) is 11.5 Å². The topological polar surface area (TPSA) is 60.9 Å².